The Bertz CT molecular complexity index is 516. The summed E-state index contributed by atoms with van der Waals surface area (Å²) in [4.78, 5) is 11.9. The van der Waals surface area contributed by atoms with E-state index >= 15 is 0 Å². The number of nitrogens with one attached hydrogen (secondary N) is 2. The summed E-state index contributed by atoms with van der Waals surface area (Å²) in [5.74, 6) is 0.346. The molecule has 3 N–H and O–H groups in total. The van der Waals surface area contributed by atoms with Crippen molar-refractivity contribution in [3.8, 4) is 0 Å². The second-order valence-corrected chi connectivity index (χ2v) is 5.64. The molecular weight excluding hydrogens is 264 g/mol. The van der Waals surface area contributed by atoms with Crippen molar-refractivity contribution in [3.05, 3.63) is 10.6 Å². The van der Waals surface area contributed by atoms with Gasteiger partial charge in [-0.25, -0.2) is 0 Å². The maximum atomic E-state index is 11.9. The predicted octanol–water partition coefficient (Wildman–Crippen LogP) is 1.44. The normalized spacial score (nSPS) is 18.1. The van der Waals surface area contributed by atoms with E-state index in [1.54, 1.807) is 0 Å². The zero-order chi connectivity index (χ0) is 14.0. The van der Waals surface area contributed by atoms with Gasteiger partial charge in [0.15, 0.2) is 10.6 Å². The number of rotatable bonds is 6. The number of carbonyl (C=O) groups excluding carboxylic acids is 1. The second kappa shape index (κ2) is 5.42. The van der Waals surface area contributed by atoms with Crippen molar-refractivity contribution in [2.24, 2.45) is 0 Å². The molecule has 1 atom stereocenters. The Kier molecular flexibility index (Phi) is 4.05. The van der Waals surface area contributed by atoms with Crippen LogP contribution in [0.5, 0.6) is 0 Å². The fraction of sp³-hybridized carbons (Fsp3) is 0.750. The van der Waals surface area contributed by atoms with Crippen LogP contribution < -0.4 is 5.32 Å². The standard InChI is InChI=1S/C12H20N4O2S/c1-3-6-12(2,18)10(17)13-7-9-14-15-11(19)16(9)8-4-5-8/h8,18H,3-7H2,1-2H3,(H,13,17)(H,15,19). The Morgan fingerprint density at radius 2 is 2.37 bits per heavy atom. The van der Waals surface area contributed by atoms with Crippen LogP contribution in [0, 0.1) is 4.77 Å². The average Bonchev–Trinajstić information content (AvgIpc) is 3.10. The van der Waals surface area contributed by atoms with Gasteiger partial charge in [-0.1, -0.05) is 13.3 Å². The number of aromatic nitrogens is 3. The molecule has 0 bridgehead atoms. The summed E-state index contributed by atoms with van der Waals surface area (Å²) in [6.45, 7) is 3.74. The third-order valence-electron chi connectivity index (χ3n) is 3.32. The molecule has 19 heavy (non-hydrogen) atoms. The molecule has 106 valence electrons. The second-order valence-electron chi connectivity index (χ2n) is 5.25. The minimum atomic E-state index is -1.33. The summed E-state index contributed by atoms with van der Waals surface area (Å²) in [5.41, 5.74) is -1.33. The van der Waals surface area contributed by atoms with Crippen LogP contribution >= 0.6 is 12.2 Å². The fourth-order valence-electron chi connectivity index (χ4n) is 2.12. The number of aliphatic hydroxyl groups is 1. The Balaban J connectivity index is 1.99. The third-order valence-corrected chi connectivity index (χ3v) is 3.61. The zero-order valence-electron chi connectivity index (χ0n) is 11.3. The molecule has 0 radical (unpaired) electrons. The largest absolute Gasteiger partial charge is 0.380 e. The first-order chi connectivity index (χ1) is 8.95. The number of nitrogens with zero attached hydrogens (tertiary/aromatic N) is 2. The predicted molar refractivity (Wildman–Crippen MR) is 73.1 cm³/mol. The lowest BCUT2D eigenvalue weighted by Gasteiger charge is -2.21. The van der Waals surface area contributed by atoms with Gasteiger partial charge in [0, 0.05) is 6.04 Å². The molecule has 1 unspecified atom stereocenters. The molecule has 2 rings (SSSR count). The van der Waals surface area contributed by atoms with Crippen molar-refractivity contribution in [2.45, 2.75) is 57.7 Å². The highest BCUT2D eigenvalue weighted by molar-refractivity contribution is 7.71. The van der Waals surface area contributed by atoms with Crippen molar-refractivity contribution in [1.29, 1.82) is 0 Å². The Morgan fingerprint density at radius 1 is 1.68 bits per heavy atom. The van der Waals surface area contributed by atoms with Crippen molar-refractivity contribution in [2.75, 3.05) is 0 Å². The quantitative estimate of drug-likeness (QED) is 0.690. The minimum Gasteiger partial charge on any atom is -0.380 e. The maximum absolute atomic E-state index is 11.9. The number of H-pyrrole nitrogens is 1. The lowest BCUT2D eigenvalue weighted by molar-refractivity contribution is -0.138. The number of hydrogen-bond donors (Lipinski definition) is 3. The van der Waals surface area contributed by atoms with Gasteiger partial charge >= 0.3 is 0 Å². The van der Waals surface area contributed by atoms with E-state index in [0.717, 1.165) is 19.3 Å². The highest BCUT2D eigenvalue weighted by atomic mass is 32.1. The van der Waals surface area contributed by atoms with Gasteiger partial charge in [-0.05, 0) is 38.4 Å². The van der Waals surface area contributed by atoms with Crippen molar-refractivity contribution < 1.29 is 9.90 Å². The zero-order valence-corrected chi connectivity index (χ0v) is 12.1. The summed E-state index contributed by atoms with van der Waals surface area (Å²) >= 11 is 5.17. The molecule has 1 aromatic rings. The van der Waals surface area contributed by atoms with Gasteiger partial charge in [-0.2, -0.15) is 5.10 Å². The first kappa shape index (κ1) is 14.2. The van der Waals surface area contributed by atoms with Gasteiger partial charge in [-0.3, -0.25) is 14.5 Å². The van der Waals surface area contributed by atoms with E-state index in [0.29, 0.717) is 23.1 Å². The lowest BCUT2D eigenvalue weighted by atomic mass is 10.00. The molecule has 1 aliphatic rings. The van der Waals surface area contributed by atoms with E-state index in [1.807, 2.05) is 11.5 Å². The number of hydrogen-bond acceptors (Lipinski definition) is 4. The molecular formula is C12H20N4O2S. The van der Waals surface area contributed by atoms with Crippen molar-refractivity contribution in [1.82, 2.24) is 20.1 Å². The maximum Gasteiger partial charge on any atom is 0.252 e. The Labute approximate surface area is 117 Å². The van der Waals surface area contributed by atoms with Gasteiger partial charge < -0.3 is 10.4 Å². The van der Waals surface area contributed by atoms with E-state index in [9.17, 15) is 9.90 Å². The molecule has 0 aromatic carbocycles. The van der Waals surface area contributed by atoms with Gasteiger partial charge in [0.2, 0.25) is 0 Å². The minimum absolute atomic E-state index is 0.280. The molecule has 7 heteroatoms. The molecule has 1 fully saturated rings. The van der Waals surface area contributed by atoms with Crippen LogP contribution in [-0.2, 0) is 11.3 Å². The van der Waals surface area contributed by atoms with Gasteiger partial charge in [0.05, 0.1) is 6.54 Å². The van der Waals surface area contributed by atoms with E-state index in [-0.39, 0.29) is 12.5 Å². The molecule has 1 heterocycles. The first-order valence-electron chi connectivity index (χ1n) is 6.62. The molecule has 0 saturated heterocycles. The number of carbonyl (C=O) groups is 1. The van der Waals surface area contributed by atoms with Crippen LogP contribution in [0.25, 0.3) is 0 Å². The summed E-state index contributed by atoms with van der Waals surface area (Å²) in [5, 5.41) is 19.6. The Hall–Kier alpha value is -1.21. The summed E-state index contributed by atoms with van der Waals surface area (Å²) in [6, 6.07) is 0.411. The van der Waals surface area contributed by atoms with E-state index in [4.69, 9.17) is 12.2 Å². The highest BCUT2D eigenvalue weighted by Crippen LogP contribution is 2.35. The fourth-order valence-corrected chi connectivity index (χ4v) is 2.42. The molecule has 0 aliphatic heterocycles. The molecule has 1 saturated carbocycles. The summed E-state index contributed by atoms with van der Waals surface area (Å²) in [7, 11) is 0. The molecule has 6 nitrogen and oxygen atoms in total. The molecule has 0 spiro atoms. The number of aromatic amines is 1. The van der Waals surface area contributed by atoms with Crippen molar-refractivity contribution in [3.63, 3.8) is 0 Å². The van der Waals surface area contributed by atoms with Crippen molar-refractivity contribution >= 4 is 18.1 Å². The lowest BCUT2D eigenvalue weighted by Crippen LogP contribution is -2.44. The van der Waals surface area contributed by atoms with Crippen LogP contribution in [0.4, 0.5) is 0 Å². The molecule has 1 aromatic heterocycles. The molecule has 1 aliphatic carbocycles. The van der Waals surface area contributed by atoms with Crippen LogP contribution in [0.1, 0.15) is 51.4 Å². The van der Waals surface area contributed by atoms with E-state index in [2.05, 4.69) is 15.5 Å². The SMILES string of the molecule is CCCC(C)(O)C(=O)NCc1n[nH]c(=S)n1C1CC1. The summed E-state index contributed by atoms with van der Waals surface area (Å²) in [6.07, 6.45) is 3.39. The first-order valence-corrected chi connectivity index (χ1v) is 7.03. The topological polar surface area (TPSA) is 82.9 Å². The third kappa shape index (κ3) is 3.22. The van der Waals surface area contributed by atoms with Crippen LogP contribution in [-0.4, -0.2) is 31.4 Å². The summed E-state index contributed by atoms with van der Waals surface area (Å²) < 4.78 is 2.54. The van der Waals surface area contributed by atoms with Gasteiger partial charge in [-0.15, -0.1) is 0 Å². The smallest absolute Gasteiger partial charge is 0.252 e. The van der Waals surface area contributed by atoms with Crippen LogP contribution in [0.3, 0.4) is 0 Å². The van der Waals surface area contributed by atoms with Crippen LogP contribution in [0.15, 0.2) is 0 Å². The molecule has 1 amide bonds. The van der Waals surface area contributed by atoms with E-state index in [1.165, 1.54) is 6.92 Å². The van der Waals surface area contributed by atoms with Gasteiger partial charge in [0.25, 0.3) is 5.91 Å². The highest BCUT2D eigenvalue weighted by Gasteiger charge is 2.30. The van der Waals surface area contributed by atoms with E-state index < -0.39 is 5.60 Å². The van der Waals surface area contributed by atoms with Crippen LogP contribution in [0.2, 0.25) is 0 Å². The average molecular weight is 284 g/mol. The van der Waals surface area contributed by atoms with Gasteiger partial charge in [0.1, 0.15) is 5.60 Å². The number of amides is 1. The Morgan fingerprint density at radius 3 is 2.95 bits per heavy atom. The monoisotopic (exact) mass is 284 g/mol.